The maximum Gasteiger partial charge on any atom is 0.335 e. The van der Waals surface area contributed by atoms with Crippen LogP contribution in [0, 0.1) is 22.7 Å². The Balaban J connectivity index is 1.16. The number of ether oxygens (including phenoxy) is 1. The Morgan fingerprint density at radius 3 is 2.49 bits per heavy atom. The van der Waals surface area contributed by atoms with Gasteiger partial charge < -0.3 is 24.7 Å². The third-order valence-electron chi connectivity index (χ3n) is 12.1. The van der Waals surface area contributed by atoms with E-state index in [2.05, 4.69) is 24.1 Å². The van der Waals surface area contributed by atoms with Crippen LogP contribution in [0.4, 0.5) is 0 Å². The molecule has 4 saturated carbocycles. The van der Waals surface area contributed by atoms with Gasteiger partial charge in [0.2, 0.25) is 0 Å². The van der Waals surface area contributed by atoms with E-state index in [4.69, 9.17) is 9.15 Å². The quantitative estimate of drug-likeness (QED) is 0.555. The zero-order chi connectivity index (χ0) is 25.9. The van der Waals surface area contributed by atoms with Crippen LogP contribution in [0.25, 0.3) is 0 Å². The first-order valence-electron chi connectivity index (χ1n) is 14.8. The van der Waals surface area contributed by atoms with Gasteiger partial charge in [0, 0.05) is 43.7 Å². The van der Waals surface area contributed by atoms with Crippen LogP contribution in [0.3, 0.4) is 0 Å². The summed E-state index contributed by atoms with van der Waals surface area (Å²) in [5.41, 5.74) is -1.09. The summed E-state index contributed by atoms with van der Waals surface area (Å²) < 4.78 is 10.7. The van der Waals surface area contributed by atoms with Crippen LogP contribution >= 0.6 is 0 Å². The van der Waals surface area contributed by atoms with Crippen LogP contribution in [0.1, 0.15) is 83.1 Å². The van der Waals surface area contributed by atoms with Crippen LogP contribution in [-0.4, -0.2) is 71.7 Å². The molecule has 0 spiro atoms. The van der Waals surface area contributed by atoms with Crippen molar-refractivity contribution in [2.24, 2.45) is 22.7 Å². The molecule has 3 N–H and O–H groups in total. The maximum atomic E-state index is 12.4. The van der Waals surface area contributed by atoms with Gasteiger partial charge in [-0.1, -0.05) is 13.8 Å². The SMILES string of the molecule is C[C@]12CC[C@H](NCCN3CCOCC3)C[C@@]1(O)CC[C@@H]1[C@@H]2CC[C@]2(C)[C@@H](c3ccc(=O)oc3)CC[C@]12O. The lowest BCUT2D eigenvalue weighted by atomic mass is 9.42. The number of aliphatic hydroxyl groups is 2. The van der Waals surface area contributed by atoms with Crippen molar-refractivity contribution in [2.45, 2.75) is 94.8 Å². The second-order valence-electron chi connectivity index (χ2n) is 13.4. The molecule has 7 nitrogen and oxygen atoms in total. The van der Waals surface area contributed by atoms with Crippen molar-refractivity contribution in [1.82, 2.24) is 10.2 Å². The maximum absolute atomic E-state index is 12.4. The highest BCUT2D eigenvalue weighted by atomic mass is 16.5. The van der Waals surface area contributed by atoms with E-state index in [0.29, 0.717) is 12.0 Å². The molecule has 1 aromatic rings. The zero-order valence-electron chi connectivity index (χ0n) is 22.7. The number of hydrogen-bond donors (Lipinski definition) is 3. The van der Waals surface area contributed by atoms with E-state index in [0.717, 1.165) is 103 Å². The highest BCUT2D eigenvalue weighted by Crippen LogP contribution is 2.71. The van der Waals surface area contributed by atoms with Gasteiger partial charge in [-0.15, -0.1) is 0 Å². The van der Waals surface area contributed by atoms with Gasteiger partial charge in [-0.05, 0) is 92.6 Å². The first kappa shape index (κ1) is 26.0. The zero-order valence-corrected chi connectivity index (χ0v) is 22.7. The Hall–Kier alpha value is -1.25. The molecule has 8 atom stereocenters. The van der Waals surface area contributed by atoms with Crippen molar-refractivity contribution in [3.05, 3.63) is 34.4 Å². The molecular formula is C30H46N2O5. The van der Waals surface area contributed by atoms with E-state index in [1.54, 1.807) is 6.26 Å². The van der Waals surface area contributed by atoms with Gasteiger partial charge in [0.1, 0.15) is 0 Å². The summed E-state index contributed by atoms with van der Waals surface area (Å²) in [6, 6.07) is 3.77. The molecular weight excluding hydrogens is 468 g/mol. The monoisotopic (exact) mass is 514 g/mol. The number of morpholine rings is 1. The molecule has 6 rings (SSSR count). The summed E-state index contributed by atoms with van der Waals surface area (Å²) in [5, 5.41) is 28.4. The second-order valence-corrected chi connectivity index (χ2v) is 13.4. The fourth-order valence-corrected chi connectivity index (χ4v) is 9.75. The number of rotatable bonds is 5. The third-order valence-corrected chi connectivity index (χ3v) is 12.1. The van der Waals surface area contributed by atoms with Crippen LogP contribution < -0.4 is 10.9 Å². The molecule has 0 amide bonds. The minimum atomic E-state index is -0.742. The molecule has 37 heavy (non-hydrogen) atoms. The minimum absolute atomic E-state index is 0.160. The van der Waals surface area contributed by atoms with Crippen LogP contribution in [-0.2, 0) is 4.74 Å². The second kappa shape index (κ2) is 9.44. The van der Waals surface area contributed by atoms with Crippen molar-refractivity contribution in [3.8, 4) is 0 Å². The fraction of sp³-hybridized carbons (Fsp3) is 0.833. The van der Waals surface area contributed by atoms with Crippen molar-refractivity contribution < 1.29 is 19.4 Å². The molecule has 1 aliphatic heterocycles. The summed E-state index contributed by atoms with van der Waals surface area (Å²) >= 11 is 0. The van der Waals surface area contributed by atoms with Crippen LogP contribution in [0.15, 0.2) is 27.6 Å². The lowest BCUT2D eigenvalue weighted by molar-refractivity contribution is -0.247. The molecule has 0 bridgehead atoms. The summed E-state index contributed by atoms with van der Waals surface area (Å²) in [7, 11) is 0. The van der Waals surface area contributed by atoms with Gasteiger partial charge in [-0.2, -0.15) is 0 Å². The van der Waals surface area contributed by atoms with E-state index >= 15 is 0 Å². The number of nitrogens with zero attached hydrogens (tertiary/aromatic N) is 1. The third kappa shape index (κ3) is 4.07. The molecule has 4 aliphatic carbocycles. The summed E-state index contributed by atoms with van der Waals surface area (Å²) in [4.78, 5) is 14.0. The highest BCUT2D eigenvalue weighted by Gasteiger charge is 2.69. The smallest absolute Gasteiger partial charge is 0.335 e. The number of hydrogen-bond acceptors (Lipinski definition) is 7. The van der Waals surface area contributed by atoms with Crippen LogP contribution in [0.5, 0.6) is 0 Å². The summed E-state index contributed by atoms with van der Waals surface area (Å²) in [6.45, 7) is 10.3. The topological polar surface area (TPSA) is 95.2 Å². The molecule has 1 saturated heterocycles. The number of nitrogens with one attached hydrogen (secondary N) is 1. The summed E-state index contributed by atoms with van der Waals surface area (Å²) in [6.07, 6.45) is 9.89. The van der Waals surface area contributed by atoms with E-state index in [1.807, 2.05) is 6.07 Å². The molecule has 5 aliphatic rings. The molecule has 1 aromatic heterocycles. The van der Waals surface area contributed by atoms with E-state index in [9.17, 15) is 15.0 Å². The Labute approximate surface area is 221 Å². The van der Waals surface area contributed by atoms with Gasteiger partial charge in [-0.3, -0.25) is 4.90 Å². The minimum Gasteiger partial charge on any atom is -0.431 e. The van der Waals surface area contributed by atoms with Gasteiger partial charge in [0.05, 0.1) is 30.7 Å². The van der Waals surface area contributed by atoms with Crippen molar-refractivity contribution in [2.75, 3.05) is 39.4 Å². The molecule has 0 aromatic carbocycles. The molecule has 5 fully saturated rings. The summed E-state index contributed by atoms with van der Waals surface area (Å²) in [5.74, 6) is 0.747. The lowest BCUT2D eigenvalue weighted by Gasteiger charge is -2.66. The lowest BCUT2D eigenvalue weighted by Crippen LogP contribution is -2.67. The highest BCUT2D eigenvalue weighted by molar-refractivity contribution is 5.27. The Morgan fingerprint density at radius 2 is 1.73 bits per heavy atom. The molecule has 206 valence electrons. The molecule has 2 heterocycles. The van der Waals surface area contributed by atoms with E-state index < -0.39 is 11.2 Å². The van der Waals surface area contributed by atoms with Crippen LogP contribution in [0.2, 0.25) is 0 Å². The average Bonchev–Trinajstić information content (AvgIpc) is 3.17. The molecule has 0 unspecified atom stereocenters. The fourth-order valence-electron chi connectivity index (χ4n) is 9.75. The van der Waals surface area contributed by atoms with Gasteiger partial charge in [0.15, 0.2) is 0 Å². The molecule has 0 radical (unpaired) electrons. The number of fused-ring (bicyclic) bond motifs is 5. The predicted molar refractivity (Wildman–Crippen MR) is 141 cm³/mol. The molecule has 7 heteroatoms. The van der Waals surface area contributed by atoms with E-state index in [1.165, 1.54) is 6.07 Å². The van der Waals surface area contributed by atoms with Crippen molar-refractivity contribution in [1.29, 1.82) is 0 Å². The van der Waals surface area contributed by atoms with Crippen molar-refractivity contribution >= 4 is 0 Å². The largest absolute Gasteiger partial charge is 0.431 e. The van der Waals surface area contributed by atoms with Gasteiger partial charge in [0.25, 0.3) is 0 Å². The first-order chi connectivity index (χ1) is 17.7. The predicted octanol–water partition coefficient (Wildman–Crippen LogP) is 3.29. The van der Waals surface area contributed by atoms with E-state index in [-0.39, 0.29) is 28.3 Å². The van der Waals surface area contributed by atoms with Gasteiger partial charge in [-0.25, -0.2) is 4.79 Å². The Morgan fingerprint density at radius 1 is 0.973 bits per heavy atom. The normalized spacial score (nSPS) is 46.2. The van der Waals surface area contributed by atoms with Crippen molar-refractivity contribution in [3.63, 3.8) is 0 Å². The first-order valence-corrected chi connectivity index (χ1v) is 14.8. The van der Waals surface area contributed by atoms with Gasteiger partial charge >= 0.3 is 5.63 Å². The Kier molecular flexibility index (Phi) is 6.63. The Bertz CT molecular complexity index is 1020. The standard InChI is InChI=1S/C30H46N2O5/c1-27-9-5-22(31-13-14-32-15-17-36-18-16-32)19-29(27,34)11-7-25-24(27)6-10-28(2)23(8-12-30(25,28)35)21-3-4-26(33)37-20-21/h3-4,20,22-25,31,34-35H,5-19H2,1-2H3/t22-,23+,24-,25+,27+,28+,29-,30-/m0/s1. The average molecular weight is 515 g/mol.